The maximum atomic E-state index is 8.57. The predicted octanol–water partition coefficient (Wildman–Crippen LogP) is 1.77. The topological polar surface area (TPSA) is 70.6 Å². The molecule has 1 unspecified atom stereocenters. The Bertz CT molecular complexity index is 399. The Balaban J connectivity index is 1.79. The van der Waals surface area contributed by atoms with Crippen LogP contribution in [0.2, 0.25) is 0 Å². The van der Waals surface area contributed by atoms with Crippen LogP contribution < -0.4 is 11.1 Å². The number of rotatable bonds is 5. The molecule has 1 aromatic rings. The van der Waals surface area contributed by atoms with Crippen molar-refractivity contribution in [2.45, 2.75) is 24.6 Å². The molecule has 0 bridgehead atoms. The van der Waals surface area contributed by atoms with Gasteiger partial charge in [-0.25, -0.2) is 0 Å². The molecule has 1 aromatic carbocycles. The highest BCUT2D eigenvalue weighted by Gasteiger charge is 2.14. The first-order chi connectivity index (χ1) is 8.79. The fourth-order valence-electron chi connectivity index (χ4n) is 2.03. The lowest BCUT2D eigenvalue weighted by molar-refractivity contribution is 0.318. The maximum Gasteiger partial charge on any atom is 0.170 e. The molecule has 4 N–H and O–H groups in total. The summed E-state index contributed by atoms with van der Waals surface area (Å²) in [6.07, 6.45) is 2.69. The van der Waals surface area contributed by atoms with Crippen molar-refractivity contribution < 1.29 is 5.21 Å². The zero-order valence-corrected chi connectivity index (χ0v) is 11.1. The van der Waals surface area contributed by atoms with Gasteiger partial charge in [0.25, 0.3) is 0 Å². The summed E-state index contributed by atoms with van der Waals surface area (Å²) in [5.41, 5.74) is 7.47. The fourth-order valence-corrected chi connectivity index (χ4v) is 3.27. The van der Waals surface area contributed by atoms with Crippen molar-refractivity contribution >= 4 is 17.6 Å². The highest BCUT2D eigenvalue weighted by atomic mass is 32.2. The Kier molecular flexibility index (Phi) is 4.90. The molecule has 1 aliphatic heterocycles. The summed E-state index contributed by atoms with van der Waals surface area (Å²) in [5.74, 6) is 1.46. The number of thioether (sulfide) groups is 1. The number of nitrogens with zero attached hydrogens (tertiary/aromatic N) is 1. The molecular formula is C13H19N3OS. The van der Waals surface area contributed by atoms with Gasteiger partial charge >= 0.3 is 0 Å². The zero-order chi connectivity index (χ0) is 12.8. The monoisotopic (exact) mass is 265 g/mol. The van der Waals surface area contributed by atoms with E-state index in [0.29, 0.717) is 0 Å². The summed E-state index contributed by atoms with van der Waals surface area (Å²) in [4.78, 5) is 0. The van der Waals surface area contributed by atoms with Crippen LogP contribution in [0.3, 0.4) is 0 Å². The van der Waals surface area contributed by atoms with Crippen LogP contribution in [0.4, 0.5) is 0 Å². The molecule has 98 valence electrons. The Labute approximate surface area is 112 Å². The van der Waals surface area contributed by atoms with Crippen LogP contribution in [0.5, 0.6) is 0 Å². The van der Waals surface area contributed by atoms with Gasteiger partial charge in [-0.1, -0.05) is 29.4 Å². The number of hydrogen-bond donors (Lipinski definition) is 3. The summed E-state index contributed by atoms with van der Waals surface area (Å²) >= 11 is 2.06. The Morgan fingerprint density at radius 1 is 1.44 bits per heavy atom. The second-order valence-corrected chi connectivity index (χ2v) is 5.86. The van der Waals surface area contributed by atoms with Crippen molar-refractivity contribution in [2.75, 3.05) is 12.3 Å². The van der Waals surface area contributed by atoms with E-state index in [1.54, 1.807) is 0 Å². The van der Waals surface area contributed by atoms with Crippen LogP contribution in [0.1, 0.15) is 24.0 Å². The first-order valence-corrected chi connectivity index (χ1v) is 7.23. The van der Waals surface area contributed by atoms with Crippen LogP contribution >= 0.6 is 11.8 Å². The number of nitrogens with one attached hydrogen (secondary N) is 1. The normalized spacial score (nSPS) is 20.2. The lowest BCUT2D eigenvalue weighted by Gasteiger charge is -2.10. The first kappa shape index (κ1) is 13.2. The molecule has 1 saturated heterocycles. The van der Waals surface area contributed by atoms with Gasteiger partial charge in [-0.05, 0) is 24.2 Å². The first-order valence-electron chi connectivity index (χ1n) is 6.19. The maximum absolute atomic E-state index is 8.57. The zero-order valence-electron chi connectivity index (χ0n) is 10.3. The third kappa shape index (κ3) is 3.65. The standard InChI is InChI=1S/C13H19N3OS/c14-13(16-17)11-5-3-10(4-6-11)8-15-9-12-2-1-7-18-12/h3-6,12,15,17H,1-2,7-9H2,(H2,14,16). The minimum absolute atomic E-state index is 0.150. The van der Waals surface area contributed by atoms with Crippen LogP contribution in [0, 0.1) is 0 Å². The average Bonchev–Trinajstić information content (AvgIpc) is 2.92. The number of benzene rings is 1. The molecule has 0 amide bonds. The van der Waals surface area contributed by atoms with Crippen molar-refractivity contribution in [2.24, 2.45) is 10.9 Å². The number of oxime groups is 1. The Morgan fingerprint density at radius 3 is 2.83 bits per heavy atom. The molecule has 1 atom stereocenters. The van der Waals surface area contributed by atoms with Crippen molar-refractivity contribution in [3.8, 4) is 0 Å². The van der Waals surface area contributed by atoms with E-state index in [1.165, 1.54) is 24.2 Å². The van der Waals surface area contributed by atoms with Gasteiger partial charge in [0.2, 0.25) is 0 Å². The van der Waals surface area contributed by atoms with E-state index in [0.717, 1.165) is 23.9 Å². The lowest BCUT2D eigenvalue weighted by atomic mass is 10.1. The van der Waals surface area contributed by atoms with Gasteiger partial charge in [-0.3, -0.25) is 0 Å². The van der Waals surface area contributed by atoms with E-state index < -0.39 is 0 Å². The third-order valence-corrected chi connectivity index (χ3v) is 4.48. The van der Waals surface area contributed by atoms with Gasteiger partial charge in [0.15, 0.2) is 5.84 Å². The van der Waals surface area contributed by atoms with E-state index >= 15 is 0 Å². The SMILES string of the molecule is N/C(=N/O)c1ccc(CNCC2CCCS2)cc1. The quantitative estimate of drug-likeness (QED) is 0.328. The Hall–Kier alpha value is -1.20. The largest absolute Gasteiger partial charge is 0.409 e. The molecule has 0 radical (unpaired) electrons. The number of hydrogen-bond acceptors (Lipinski definition) is 4. The average molecular weight is 265 g/mol. The summed E-state index contributed by atoms with van der Waals surface area (Å²) in [6, 6.07) is 7.75. The van der Waals surface area contributed by atoms with Crippen LogP contribution in [-0.4, -0.2) is 28.6 Å². The summed E-state index contributed by atoms with van der Waals surface area (Å²) < 4.78 is 0. The molecule has 0 aliphatic carbocycles. The molecule has 18 heavy (non-hydrogen) atoms. The number of nitrogens with two attached hydrogens (primary N) is 1. The van der Waals surface area contributed by atoms with E-state index in [-0.39, 0.29) is 5.84 Å². The minimum atomic E-state index is 0.150. The van der Waals surface area contributed by atoms with Gasteiger partial charge in [-0.2, -0.15) is 11.8 Å². The second kappa shape index (κ2) is 6.66. The molecule has 1 aliphatic rings. The second-order valence-electron chi connectivity index (χ2n) is 4.45. The number of amidine groups is 1. The lowest BCUT2D eigenvalue weighted by Crippen LogP contribution is -2.22. The summed E-state index contributed by atoms with van der Waals surface area (Å²) in [7, 11) is 0. The van der Waals surface area contributed by atoms with Crippen molar-refractivity contribution in [3.63, 3.8) is 0 Å². The minimum Gasteiger partial charge on any atom is -0.409 e. The van der Waals surface area contributed by atoms with Gasteiger partial charge in [0.05, 0.1) is 0 Å². The molecule has 1 fully saturated rings. The van der Waals surface area contributed by atoms with Crippen LogP contribution in [-0.2, 0) is 6.54 Å². The predicted molar refractivity (Wildman–Crippen MR) is 76.1 cm³/mol. The molecule has 4 nitrogen and oxygen atoms in total. The van der Waals surface area contributed by atoms with Gasteiger partial charge in [-0.15, -0.1) is 0 Å². The molecular weight excluding hydrogens is 246 g/mol. The molecule has 0 saturated carbocycles. The van der Waals surface area contributed by atoms with Crippen molar-refractivity contribution in [3.05, 3.63) is 35.4 Å². The van der Waals surface area contributed by atoms with Crippen LogP contribution in [0.25, 0.3) is 0 Å². The van der Waals surface area contributed by atoms with E-state index in [1.807, 2.05) is 24.3 Å². The molecule has 5 heteroatoms. The van der Waals surface area contributed by atoms with E-state index in [9.17, 15) is 0 Å². The molecule has 2 rings (SSSR count). The van der Waals surface area contributed by atoms with Crippen LogP contribution in [0.15, 0.2) is 29.4 Å². The highest BCUT2D eigenvalue weighted by molar-refractivity contribution is 8.00. The van der Waals surface area contributed by atoms with E-state index in [4.69, 9.17) is 10.9 Å². The summed E-state index contributed by atoms with van der Waals surface area (Å²) in [5, 5.41) is 15.8. The van der Waals surface area contributed by atoms with Crippen molar-refractivity contribution in [1.82, 2.24) is 5.32 Å². The van der Waals surface area contributed by atoms with Crippen molar-refractivity contribution in [1.29, 1.82) is 0 Å². The molecule has 0 aromatic heterocycles. The van der Waals surface area contributed by atoms with E-state index in [2.05, 4.69) is 22.2 Å². The third-order valence-electron chi connectivity index (χ3n) is 3.08. The molecule has 1 heterocycles. The summed E-state index contributed by atoms with van der Waals surface area (Å²) in [6.45, 7) is 1.94. The Morgan fingerprint density at radius 2 is 2.22 bits per heavy atom. The van der Waals surface area contributed by atoms with Gasteiger partial charge < -0.3 is 16.3 Å². The van der Waals surface area contributed by atoms with Gasteiger partial charge in [0, 0.05) is 23.9 Å². The fraction of sp³-hybridized carbons (Fsp3) is 0.462. The highest BCUT2D eigenvalue weighted by Crippen LogP contribution is 2.25. The smallest absolute Gasteiger partial charge is 0.170 e. The molecule has 0 spiro atoms. The van der Waals surface area contributed by atoms with Gasteiger partial charge in [0.1, 0.15) is 0 Å².